The smallest absolute Gasteiger partial charge is 0.191 e. The second-order valence-electron chi connectivity index (χ2n) is 5.33. The maximum atomic E-state index is 4.73. The van der Waals surface area contributed by atoms with Crippen LogP contribution in [0.4, 0.5) is 0 Å². The molecule has 122 valence electrons. The minimum Gasteiger partial charge on any atom is -0.357 e. The summed E-state index contributed by atoms with van der Waals surface area (Å²) in [6, 6.07) is 4.30. The molecule has 1 heterocycles. The summed E-state index contributed by atoms with van der Waals surface area (Å²) in [6.45, 7) is 9.27. The Morgan fingerprint density at radius 3 is 2.71 bits per heavy atom. The Hall–Kier alpha value is 0.0500. The second-order valence-corrected chi connectivity index (χ2v) is 7.26. The maximum Gasteiger partial charge on any atom is 0.191 e. The van der Waals surface area contributed by atoms with Crippen LogP contribution >= 0.6 is 47.1 Å². The molecule has 0 bridgehead atoms. The zero-order valence-corrected chi connectivity index (χ0v) is 17.4. The average Bonchev–Trinajstić information content (AvgIpc) is 2.95. The topological polar surface area (TPSA) is 36.4 Å². The fourth-order valence-corrected chi connectivity index (χ4v) is 3.06. The van der Waals surface area contributed by atoms with Crippen molar-refractivity contribution >= 4 is 53.0 Å². The molecular formula is C15H28IN3S2. The Balaban J connectivity index is 0.00000400. The van der Waals surface area contributed by atoms with Gasteiger partial charge in [0.15, 0.2) is 5.96 Å². The lowest BCUT2D eigenvalue weighted by Gasteiger charge is -2.21. The zero-order chi connectivity index (χ0) is 14.8. The van der Waals surface area contributed by atoms with E-state index in [2.05, 4.69) is 55.2 Å². The number of hydrogen-bond donors (Lipinski definition) is 2. The van der Waals surface area contributed by atoms with Gasteiger partial charge in [0.05, 0.1) is 6.54 Å². The number of thiophene rings is 1. The molecule has 1 aromatic rings. The summed E-state index contributed by atoms with van der Waals surface area (Å²) >= 11 is 3.69. The van der Waals surface area contributed by atoms with Crippen LogP contribution in [0.1, 0.15) is 32.1 Å². The first kappa shape index (κ1) is 21.0. The SMILES string of the molecule is CCNC(=NCC(C)(C)c1cccs1)NCCCSC.I. The molecule has 0 amide bonds. The number of guanidine groups is 1. The van der Waals surface area contributed by atoms with Crippen LogP contribution in [0.2, 0.25) is 0 Å². The Kier molecular flexibility index (Phi) is 11.6. The number of aliphatic imine (C=N–C) groups is 1. The molecule has 0 saturated carbocycles. The first-order valence-corrected chi connectivity index (χ1v) is 9.42. The second kappa shape index (κ2) is 11.6. The molecule has 0 atom stereocenters. The molecule has 0 saturated heterocycles. The van der Waals surface area contributed by atoms with Gasteiger partial charge in [-0.25, -0.2) is 0 Å². The van der Waals surface area contributed by atoms with Crippen LogP contribution in [0.5, 0.6) is 0 Å². The molecule has 2 N–H and O–H groups in total. The van der Waals surface area contributed by atoms with E-state index < -0.39 is 0 Å². The predicted molar refractivity (Wildman–Crippen MR) is 110 cm³/mol. The van der Waals surface area contributed by atoms with Crippen LogP contribution < -0.4 is 10.6 Å². The van der Waals surface area contributed by atoms with Gasteiger partial charge < -0.3 is 10.6 Å². The summed E-state index contributed by atoms with van der Waals surface area (Å²) in [4.78, 5) is 6.12. The molecule has 0 aliphatic carbocycles. The lowest BCUT2D eigenvalue weighted by molar-refractivity contribution is 0.548. The van der Waals surface area contributed by atoms with Gasteiger partial charge in [-0.15, -0.1) is 35.3 Å². The van der Waals surface area contributed by atoms with Crippen molar-refractivity contribution in [1.82, 2.24) is 10.6 Å². The lowest BCUT2D eigenvalue weighted by Crippen LogP contribution is -2.39. The molecule has 0 aliphatic rings. The summed E-state index contributed by atoms with van der Waals surface area (Å²) in [6.07, 6.45) is 3.31. The van der Waals surface area contributed by atoms with Crippen LogP contribution in [0, 0.1) is 0 Å². The molecule has 0 aromatic carbocycles. The minimum absolute atomic E-state index is 0. The molecule has 21 heavy (non-hydrogen) atoms. The summed E-state index contributed by atoms with van der Waals surface area (Å²) in [5, 5.41) is 8.85. The third kappa shape index (κ3) is 8.30. The predicted octanol–water partition coefficient (Wildman–Crippen LogP) is 3.95. The normalized spacial score (nSPS) is 11.9. The van der Waals surface area contributed by atoms with Crippen LogP contribution in [0.15, 0.2) is 22.5 Å². The van der Waals surface area contributed by atoms with E-state index in [0.717, 1.165) is 25.6 Å². The van der Waals surface area contributed by atoms with Crippen molar-refractivity contribution in [2.24, 2.45) is 4.99 Å². The summed E-state index contributed by atoms with van der Waals surface area (Å²) in [5.74, 6) is 2.12. The monoisotopic (exact) mass is 441 g/mol. The molecule has 0 radical (unpaired) electrons. The zero-order valence-electron chi connectivity index (χ0n) is 13.4. The molecule has 0 spiro atoms. The van der Waals surface area contributed by atoms with Crippen molar-refractivity contribution in [1.29, 1.82) is 0 Å². The van der Waals surface area contributed by atoms with Gasteiger partial charge in [-0.05, 0) is 36.8 Å². The molecule has 3 nitrogen and oxygen atoms in total. The summed E-state index contributed by atoms with van der Waals surface area (Å²) in [5.41, 5.74) is 0.0930. The molecule has 1 aromatic heterocycles. The first-order chi connectivity index (χ1) is 9.60. The highest BCUT2D eigenvalue weighted by Crippen LogP contribution is 2.27. The van der Waals surface area contributed by atoms with Crippen molar-refractivity contribution in [3.8, 4) is 0 Å². The fraction of sp³-hybridized carbons (Fsp3) is 0.667. The van der Waals surface area contributed by atoms with E-state index in [1.54, 1.807) is 11.3 Å². The van der Waals surface area contributed by atoms with E-state index in [1.165, 1.54) is 17.1 Å². The van der Waals surface area contributed by atoms with Crippen molar-refractivity contribution in [2.75, 3.05) is 31.6 Å². The van der Waals surface area contributed by atoms with Crippen molar-refractivity contribution < 1.29 is 0 Å². The number of thioether (sulfide) groups is 1. The number of nitrogens with one attached hydrogen (secondary N) is 2. The minimum atomic E-state index is 0. The standard InChI is InChI=1S/C15H27N3S2.HI/c1-5-16-14(17-9-7-10-19-4)18-12-15(2,3)13-8-6-11-20-13;/h6,8,11H,5,7,9-10,12H2,1-4H3,(H2,16,17,18);1H. The van der Waals surface area contributed by atoms with E-state index in [0.29, 0.717) is 0 Å². The van der Waals surface area contributed by atoms with Crippen LogP contribution in [0.25, 0.3) is 0 Å². The van der Waals surface area contributed by atoms with E-state index >= 15 is 0 Å². The van der Waals surface area contributed by atoms with Crippen molar-refractivity contribution in [3.63, 3.8) is 0 Å². The molecular weight excluding hydrogens is 413 g/mol. The molecule has 0 fully saturated rings. The van der Waals surface area contributed by atoms with E-state index in [-0.39, 0.29) is 29.4 Å². The third-order valence-corrected chi connectivity index (χ3v) is 4.92. The van der Waals surface area contributed by atoms with Gasteiger partial charge in [0.2, 0.25) is 0 Å². The average molecular weight is 441 g/mol. The van der Waals surface area contributed by atoms with Crippen molar-refractivity contribution in [3.05, 3.63) is 22.4 Å². The first-order valence-electron chi connectivity index (χ1n) is 7.15. The highest BCUT2D eigenvalue weighted by molar-refractivity contribution is 14.0. The Labute approximate surface area is 154 Å². The summed E-state index contributed by atoms with van der Waals surface area (Å²) in [7, 11) is 0. The maximum absolute atomic E-state index is 4.73. The Bertz CT molecular complexity index is 392. The van der Waals surface area contributed by atoms with Gasteiger partial charge in [-0.1, -0.05) is 19.9 Å². The Morgan fingerprint density at radius 2 is 2.14 bits per heavy atom. The molecule has 6 heteroatoms. The van der Waals surface area contributed by atoms with Gasteiger partial charge in [-0.3, -0.25) is 4.99 Å². The van der Waals surface area contributed by atoms with E-state index in [9.17, 15) is 0 Å². The van der Waals surface area contributed by atoms with Crippen molar-refractivity contribution in [2.45, 2.75) is 32.6 Å². The molecule has 0 aliphatic heterocycles. The molecule has 1 rings (SSSR count). The Morgan fingerprint density at radius 1 is 1.38 bits per heavy atom. The van der Waals surface area contributed by atoms with E-state index in [1.807, 2.05) is 11.8 Å². The highest BCUT2D eigenvalue weighted by Gasteiger charge is 2.21. The lowest BCUT2D eigenvalue weighted by atomic mass is 9.92. The van der Waals surface area contributed by atoms with Crippen LogP contribution in [-0.4, -0.2) is 37.6 Å². The number of halogens is 1. The largest absolute Gasteiger partial charge is 0.357 e. The number of rotatable bonds is 8. The van der Waals surface area contributed by atoms with Crippen LogP contribution in [-0.2, 0) is 5.41 Å². The van der Waals surface area contributed by atoms with Gasteiger partial charge in [0.1, 0.15) is 0 Å². The van der Waals surface area contributed by atoms with Gasteiger partial charge in [0, 0.05) is 23.4 Å². The van der Waals surface area contributed by atoms with Gasteiger partial charge in [0.25, 0.3) is 0 Å². The quantitative estimate of drug-likeness (QED) is 0.278. The van der Waals surface area contributed by atoms with Gasteiger partial charge in [-0.2, -0.15) is 11.8 Å². The highest BCUT2D eigenvalue weighted by atomic mass is 127. The fourth-order valence-electron chi connectivity index (χ4n) is 1.78. The molecule has 0 unspecified atom stereocenters. The number of nitrogens with zero attached hydrogens (tertiary/aromatic N) is 1. The van der Waals surface area contributed by atoms with E-state index in [4.69, 9.17) is 4.99 Å². The summed E-state index contributed by atoms with van der Waals surface area (Å²) < 4.78 is 0. The third-order valence-electron chi connectivity index (χ3n) is 2.98. The van der Waals surface area contributed by atoms with Gasteiger partial charge >= 0.3 is 0 Å². The number of hydrogen-bond acceptors (Lipinski definition) is 3. The van der Waals surface area contributed by atoms with Crippen LogP contribution in [0.3, 0.4) is 0 Å².